The van der Waals surface area contributed by atoms with Gasteiger partial charge in [0.15, 0.2) is 11.5 Å². The summed E-state index contributed by atoms with van der Waals surface area (Å²) in [4.78, 5) is 12.0. The summed E-state index contributed by atoms with van der Waals surface area (Å²) in [5.41, 5.74) is 1.31. The molecule has 0 saturated carbocycles. The summed E-state index contributed by atoms with van der Waals surface area (Å²) in [7, 11) is 1.47. The van der Waals surface area contributed by atoms with Gasteiger partial charge >= 0.3 is 6.09 Å². The summed E-state index contributed by atoms with van der Waals surface area (Å²) in [5, 5.41) is 12.3. The molecule has 0 aliphatic carbocycles. The zero-order chi connectivity index (χ0) is 18.2. The fourth-order valence-corrected chi connectivity index (χ4v) is 2.10. The highest BCUT2D eigenvalue weighted by molar-refractivity contribution is 5.68. The minimum Gasteiger partial charge on any atom is -0.504 e. The van der Waals surface area contributed by atoms with Crippen molar-refractivity contribution >= 4 is 6.09 Å². The van der Waals surface area contributed by atoms with Gasteiger partial charge in [0, 0.05) is 6.54 Å². The molecule has 1 amide bonds. The van der Waals surface area contributed by atoms with E-state index in [1.165, 1.54) is 18.7 Å². The van der Waals surface area contributed by atoms with E-state index in [1.54, 1.807) is 18.2 Å². The molecule has 0 spiro atoms. The standard InChI is InChI=1S/C19H27NO4/c1-6-19(4,11-7-8-14(2)3)24-18(22)20-13-15-9-10-16(21)17(12-15)23-5/h6,8-10,12,21H,1,7,11,13H2,2-5H3,(H,20,22). The van der Waals surface area contributed by atoms with Crippen LogP contribution in [0.5, 0.6) is 11.5 Å². The van der Waals surface area contributed by atoms with E-state index in [1.807, 2.05) is 20.8 Å². The van der Waals surface area contributed by atoms with Gasteiger partial charge in [0.1, 0.15) is 5.60 Å². The highest BCUT2D eigenvalue weighted by Gasteiger charge is 2.24. The van der Waals surface area contributed by atoms with Crippen LogP contribution >= 0.6 is 0 Å². The van der Waals surface area contributed by atoms with Gasteiger partial charge < -0.3 is 19.9 Å². The first-order valence-corrected chi connectivity index (χ1v) is 7.89. The number of carbonyl (C=O) groups is 1. The lowest BCUT2D eigenvalue weighted by molar-refractivity contribution is 0.0542. The van der Waals surface area contributed by atoms with E-state index in [0.29, 0.717) is 12.2 Å². The predicted octanol–water partition coefficient (Wildman–Crippen LogP) is 4.32. The lowest BCUT2D eigenvalue weighted by Crippen LogP contribution is -2.35. The number of phenolic OH excluding ortho intramolecular Hbond substituents is 1. The molecule has 0 aliphatic heterocycles. The first-order chi connectivity index (χ1) is 11.3. The first-order valence-electron chi connectivity index (χ1n) is 7.89. The lowest BCUT2D eigenvalue weighted by atomic mass is 9.99. The molecule has 0 fully saturated rings. The van der Waals surface area contributed by atoms with Crippen molar-refractivity contribution in [2.45, 2.75) is 45.8 Å². The maximum Gasteiger partial charge on any atom is 0.408 e. The molecule has 1 rings (SSSR count). The van der Waals surface area contributed by atoms with Crippen LogP contribution in [0.25, 0.3) is 0 Å². The van der Waals surface area contributed by atoms with E-state index in [9.17, 15) is 9.90 Å². The van der Waals surface area contributed by atoms with Crippen LogP contribution in [0, 0.1) is 0 Å². The topological polar surface area (TPSA) is 67.8 Å². The average molecular weight is 333 g/mol. The van der Waals surface area contributed by atoms with Gasteiger partial charge in [-0.2, -0.15) is 0 Å². The Morgan fingerprint density at radius 3 is 2.71 bits per heavy atom. The summed E-state index contributed by atoms with van der Waals surface area (Å²) in [6.07, 6.45) is 4.72. The third-order valence-corrected chi connectivity index (χ3v) is 3.63. The maximum atomic E-state index is 12.0. The molecule has 1 aromatic rings. The van der Waals surface area contributed by atoms with E-state index >= 15 is 0 Å². The molecule has 0 heterocycles. The zero-order valence-electron chi connectivity index (χ0n) is 14.9. The summed E-state index contributed by atoms with van der Waals surface area (Å²) in [6, 6.07) is 4.89. The largest absolute Gasteiger partial charge is 0.504 e. The summed E-state index contributed by atoms with van der Waals surface area (Å²) in [6.45, 7) is 9.94. The van der Waals surface area contributed by atoms with Crippen molar-refractivity contribution in [3.63, 3.8) is 0 Å². The molecule has 132 valence electrons. The summed E-state index contributed by atoms with van der Waals surface area (Å²) < 4.78 is 10.5. The van der Waals surface area contributed by atoms with Crippen molar-refractivity contribution in [3.8, 4) is 11.5 Å². The molecule has 5 nitrogen and oxygen atoms in total. The number of hydrogen-bond acceptors (Lipinski definition) is 4. The van der Waals surface area contributed by atoms with Crippen LogP contribution in [0.1, 0.15) is 39.2 Å². The molecule has 1 unspecified atom stereocenters. The van der Waals surface area contributed by atoms with Crippen LogP contribution in [0.2, 0.25) is 0 Å². The number of rotatable bonds is 8. The number of amides is 1. The number of hydrogen-bond donors (Lipinski definition) is 2. The number of nitrogens with one attached hydrogen (secondary N) is 1. The number of aromatic hydroxyl groups is 1. The Morgan fingerprint density at radius 1 is 1.42 bits per heavy atom. The summed E-state index contributed by atoms with van der Waals surface area (Å²) >= 11 is 0. The van der Waals surface area contributed by atoms with Gasteiger partial charge in [-0.15, -0.1) is 0 Å². The molecule has 5 heteroatoms. The van der Waals surface area contributed by atoms with Crippen LogP contribution in [-0.2, 0) is 11.3 Å². The van der Waals surface area contributed by atoms with Crippen LogP contribution in [0.15, 0.2) is 42.5 Å². The van der Waals surface area contributed by atoms with Crippen LogP contribution in [0.3, 0.4) is 0 Å². The molecular weight excluding hydrogens is 306 g/mol. The number of phenols is 1. The van der Waals surface area contributed by atoms with Crippen molar-refractivity contribution in [1.82, 2.24) is 5.32 Å². The van der Waals surface area contributed by atoms with Gasteiger partial charge in [0.2, 0.25) is 0 Å². The van der Waals surface area contributed by atoms with Crippen LogP contribution in [0.4, 0.5) is 4.79 Å². The van der Waals surface area contributed by atoms with Gasteiger partial charge in [0.25, 0.3) is 0 Å². The highest BCUT2D eigenvalue weighted by Crippen LogP contribution is 2.26. The second-order valence-electron chi connectivity index (χ2n) is 6.09. The molecule has 0 bridgehead atoms. The number of carbonyl (C=O) groups excluding carboxylic acids is 1. The number of alkyl carbamates (subject to hydrolysis) is 1. The number of benzene rings is 1. The summed E-state index contributed by atoms with van der Waals surface area (Å²) in [5.74, 6) is 0.419. The zero-order valence-corrected chi connectivity index (χ0v) is 14.9. The number of allylic oxidation sites excluding steroid dienone is 2. The highest BCUT2D eigenvalue weighted by atomic mass is 16.6. The molecule has 0 saturated heterocycles. The molecule has 0 radical (unpaired) electrons. The van der Waals surface area contributed by atoms with E-state index in [-0.39, 0.29) is 12.3 Å². The van der Waals surface area contributed by atoms with Crippen molar-refractivity contribution in [2.75, 3.05) is 7.11 Å². The fourth-order valence-electron chi connectivity index (χ4n) is 2.10. The Labute approximate surface area is 144 Å². The quantitative estimate of drug-likeness (QED) is 0.695. The number of ether oxygens (including phenoxy) is 2. The smallest absolute Gasteiger partial charge is 0.408 e. The predicted molar refractivity (Wildman–Crippen MR) is 95.2 cm³/mol. The van der Waals surface area contributed by atoms with Gasteiger partial charge in [-0.1, -0.05) is 24.3 Å². The van der Waals surface area contributed by atoms with Gasteiger partial charge in [-0.05, 0) is 57.4 Å². The van der Waals surface area contributed by atoms with Crippen molar-refractivity contribution in [1.29, 1.82) is 0 Å². The maximum absolute atomic E-state index is 12.0. The third kappa shape index (κ3) is 6.36. The normalized spacial score (nSPS) is 12.7. The number of methoxy groups -OCH3 is 1. The Kier molecular flexibility index (Phi) is 7.36. The van der Waals surface area contributed by atoms with Crippen molar-refractivity contribution < 1.29 is 19.4 Å². The lowest BCUT2D eigenvalue weighted by Gasteiger charge is -2.25. The molecule has 1 aromatic carbocycles. The van der Waals surface area contributed by atoms with E-state index in [0.717, 1.165) is 12.0 Å². The van der Waals surface area contributed by atoms with Gasteiger partial charge in [-0.3, -0.25) is 0 Å². The molecule has 2 N–H and O–H groups in total. The second kappa shape index (κ2) is 9.01. The Bertz CT molecular complexity index is 605. The molecule has 0 aliphatic rings. The van der Waals surface area contributed by atoms with Gasteiger partial charge in [0.05, 0.1) is 7.11 Å². The third-order valence-electron chi connectivity index (χ3n) is 3.63. The fraction of sp³-hybridized carbons (Fsp3) is 0.421. The van der Waals surface area contributed by atoms with Crippen LogP contribution < -0.4 is 10.1 Å². The minimum absolute atomic E-state index is 0.0577. The molecule has 1 atom stereocenters. The van der Waals surface area contributed by atoms with E-state index in [4.69, 9.17) is 9.47 Å². The van der Waals surface area contributed by atoms with Crippen LogP contribution in [-0.4, -0.2) is 23.9 Å². The second-order valence-corrected chi connectivity index (χ2v) is 6.09. The van der Waals surface area contributed by atoms with Crippen molar-refractivity contribution in [3.05, 3.63) is 48.1 Å². The molecular formula is C19H27NO4. The molecule has 24 heavy (non-hydrogen) atoms. The minimum atomic E-state index is -0.720. The van der Waals surface area contributed by atoms with E-state index in [2.05, 4.69) is 18.0 Å². The van der Waals surface area contributed by atoms with E-state index < -0.39 is 11.7 Å². The Hall–Kier alpha value is -2.43. The Balaban J connectivity index is 2.57. The average Bonchev–Trinajstić information content (AvgIpc) is 2.53. The first kappa shape index (κ1) is 19.6. The van der Waals surface area contributed by atoms with Crippen molar-refractivity contribution in [2.24, 2.45) is 0 Å². The van der Waals surface area contributed by atoms with Gasteiger partial charge in [-0.25, -0.2) is 4.79 Å². The monoisotopic (exact) mass is 333 g/mol. The Morgan fingerprint density at radius 2 is 2.12 bits per heavy atom. The molecule has 0 aromatic heterocycles. The SMILES string of the molecule is C=CC(C)(CCC=C(C)C)OC(=O)NCc1ccc(O)c(OC)c1.